The number of carbonyl (C=O) groups is 1. The monoisotopic (exact) mass is 481 g/mol. The Labute approximate surface area is 209 Å². The van der Waals surface area contributed by atoms with Crippen LogP contribution >= 0.6 is 11.8 Å². The van der Waals surface area contributed by atoms with Crippen molar-refractivity contribution in [1.82, 2.24) is 15.3 Å². The SMILES string of the molecule is Cc1ccc(SCc2nc(-c3ccc(C(=O)NCCc4c[nH]c5ccccc45)cc3)oc2C)cc1. The van der Waals surface area contributed by atoms with Gasteiger partial charge in [0.15, 0.2) is 0 Å². The van der Waals surface area contributed by atoms with Gasteiger partial charge >= 0.3 is 0 Å². The highest BCUT2D eigenvalue weighted by Crippen LogP contribution is 2.28. The number of thioether (sulfide) groups is 1. The maximum atomic E-state index is 12.6. The summed E-state index contributed by atoms with van der Waals surface area (Å²) in [6, 6.07) is 24.1. The molecule has 0 fully saturated rings. The number of amides is 1. The molecule has 0 bridgehead atoms. The molecular weight excluding hydrogens is 454 g/mol. The van der Waals surface area contributed by atoms with E-state index in [1.54, 1.807) is 11.8 Å². The second-order valence-corrected chi connectivity index (χ2v) is 9.62. The van der Waals surface area contributed by atoms with Crippen molar-refractivity contribution in [1.29, 1.82) is 0 Å². The van der Waals surface area contributed by atoms with Gasteiger partial charge in [-0.05, 0) is 68.3 Å². The van der Waals surface area contributed by atoms with Gasteiger partial charge in [0.05, 0.1) is 5.69 Å². The van der Waals surface area contributed by atoms with E-state index in [0.29, 0.717) is 18.0 Å². The van der Waals surface area contributed by atoms with Crippen LogP contribution in [0.25, 0.3) is 22.4 Å². The highest BCUT2D eigenvalue weighted by molar-refractivity contribution is 7.98. The highest BCUT2D eigenvalue weighted by atomic mass is 32.2. The predicted octanol–water partition coefficient (Wildman–Crippen LogP) is 6.70. The lowest BCUT2D eigenvalue weighted by Crippen LogP contribution is -2.25. The van der Waals surface area contributed by atoms with Gasteiger partial charge in [0.1, 0.15) is 5.76 Å². The first-order valence-corrected chi connectivity index (χ1v) is 12.6. The molecule has 0 aliphatic carbocycles. The zero-order chi connectivity index (χ0) is 24.2. The summed E-state index contributed by atoms with van der Waals surface area (Å²) in [5.41, 5.74) is 5.97. The number of rotatable bonds is 8. The molecule has 0 aliphatic heterocycles. The third-order valence-corrected chi connectivity index (χ3v) is 7.06. The van der Waals surface area contributed by atoms with Crippen LogP contribution in [0.15, 0.2) is 88.3 Å². The number of hydrogen-bond donors (Lipinski definition) is 2. The number of benzene rings is 3. The minimum Gasteiger partial charge on any atom is -0.441 e. The standard InChI is InChI=1S/C29H27N3O2S/c1-19-7-13-24(14-8-19)35-18-27-20(2)34-29(32-27)22-11-9-21(10-12-22)28(33)30-16-15-23-17-31-26-6-4-3-5-25(23)26/h3-14,17,31H,15-16,18H2,1-2H3,(H,30,33). The summed E-state index contributed by atoms with van der Waals surface area (Å²) < 4.78 is 5.92. The highest BCUT2D eigenvalue weighted by Gasteiger charge is 2.13. The van der Waals surface area contributed by atoms with Crippen molar-refractivity contribution in [2.24, 2.45) is 0 Å². The second kappa shape index (κ2) is 10.2. The van der Waals surface area contributed by atoms with Gasteiger partial charge in [-0.3, -0.25) is 4.79 Å². The molecule has 0 saturated heterocycles. The lowest BCUT2D eigenvalue weighted by Gasteiger charge is -2.05. The summed E-state index contributed by atoms with van der Waals surface area (Å²) in [6.07, 6.45) is 2.78. The largest absolute Gasteiger partial charge is 0.441 e. The quantitative estimate of drug-likeness (QED) is 0.242. The Kier molecular flexibility index (Phi) is 6.73. The number of H-pyrrole nitrogens is 1. The van der Waals surface area contributed by atoms with Crippen LogP contribution in [0.4, 0.5) is 0 Å². The molecule has 5 rings (SSSR count). The minimum absolute atomic E-state index is 0.0878. The van der Waals surface area contributed by atoms with E-state index in [-0.39, 0.29) is 5.91 Å². The van der Waals surface area contributed by atoms with Gasteiger partial charge in [0.25, 0.3) is 5.91 Å². The molecule has 0 aliphatic rings. The zero-order valence-electron chi connectivity index (χ0n) is 19.8. The molecule has 5 nitrogen and oxygen atoms in total. The summed E-state index contributed by atoms with van der Waals surface area (Å²) in [7, 11) is 0. The molecule has 0 unspecified atom stereocenters. The molecule has 0 spiro atoms. The molecule has 0 radical (unpaired) electrons. The van der Waals surface area contributed by atoms with Gasteiger partial charge in [-0.2, -0.15) is 0 Å². The normalized spacial score (nSPS) is 11.1. The Hall–Kier alpha value is -3.77. The molecule has 176 valence electrons. The fraction of sp³-hybridized carbons (Fsp3) is 0.172. The van der Waals surface area contributed by atoms with E-state index in [1.807, 2.05) is 49.5 Å². The van der Waals surface area contributed by atoms with Crippen LogP contribution < -0.4 is 5.32 Å². The Bertz CT molecular complexity index is 1450. The lowest BCUT2D eigenvalue weighted by atomic mass is 10.1. The number of nitrogens with zero attached hydrogens (tertiary/aromatic N) is 1. The Balaban J connectivity index is 1.18. The third kappa shape index (κ3) is 5.33. The number of oxazole rings is 1. The van der Waals surface area contributed by atoms with Gasteiger partial charge in [-0.15, -0.1) is 11.8 Å². The van der Waals surface area contributed by atoms with Gasteiger partial charge in [-0.25, -0.2) is 4.98 Å². The molecule has 1 amide bonds. The van der Waals surface area contributed by atoms with Crippen molar-refractivity contribution in [3.05, 3.63) is 107 Å². The molecule has 6 heteroatoms. The summed E-state index contributed by atoms with van der Waals surface area (Å²) in [5.74, 6) is 2.05. The van der Waals surface area contributed by atoms with Gasteiger partial charge in [0.2, 0.25) is 5.89 Å². The van der Waals surface area contributed by atoms with Crippen molar-refractivity contribution in [2.75, 3.05) is 6.54 Å². The third-order valence-electron chi connectivity index (χ3n) is 6.04. The first-order valence-electron chi connectivity index (χ1n) is 11.7. The number of carbonyl (C=O) groups excluding carboxylic acids is 1. The number of para-hydroxylation sites is 1. The number of nitrogens with one attached hydrogen (secondary N) is 2. The van der Waals surface area contributed by atoms with Crippen LogP contribution in [0.1, 0.15) is 32.9 Å². The summed E-state index contributed by atoms with van der Waals surface area (Å²) in [5, 5.41) is 4.21. The van der Waals surface area contributed by atoms with Gasteiger partial charge < -0.3 is 14.7 Å². The van der Waals surface area contributed by atoms with Crippen molar-refractivity contribution < 1.29 is 9.21 Å². The van der Waals surface area contributed by atoms with Crippen LogP contribution in [-0.2, 0) is 12.2 Å². The zero-order valence-corrected chi connectivity index (χ0v) is 20.6. The summed E-state index contributed by atoms with van der Waals surface area (Å²) in [4.78, 5) is 21.8. The second-order valence-electron chi connectivity index (χ2n) is 8.57. The van der Waals surface area contributed by atoms with E-state index < -0.39 is 0 Å². The summed E-state index contributed by atoms with van der Waals surface area (Å²) >= 11 is 1.74. The first kappa shape index (κ1) is 23.0. The maximum Gasteiger partial charge on any atom is 0.251 e. The van der Waals surface area contributed by atoms with E-state index in [9.17, 15) is 4.79 Å². The van der Waals surface area contributed by atoms with Crippen LogP contribution in [-0.4, -0.2) is 22.4 Å². The first-order chi connectivity index (χ1) is 17.1. The van der Waals surface area contributed by atoms with E-state index in [0.717, 1.165) is 34.7 Å². The number of aromatic nitrogens is 2. The average Bonchev–Trinajstić information content (AvgIpc) is 3.47. The number of fused-ring (bicyclic) bond motifs is 1. The van der Waals surface area contributed by atoms with Crippen LogP contribution in [0.2, 0.25) is 0 Å². The Morgan fingerprint density at radius 1 is 1.00 bits per heavy atom. The van der Waals surface area contributed by atoms with Crippen molar-refractivity contribution >= 4 is 28.6 Å². The minimum atomic E-state index is -0.0878. The topological polar surface area (TPSA) is 70.9 Å². The van der Waals surface area contributed by atoms with E-state index >= 15 is 0 Å². The summed E-state index contributed by atoms with van der Waals surface area (Å²) in [6.45, 7) is 4.60. The predicted molar refractivity (Wildman–Crippen MR) is 142 cm³/mol. The van der Waals surface area contributed by atoms with E-state index in [4.69, 9.17) is 9.40 Å². The molecule has 2 aromatic heterocycles. The fourth-order valence-corrected chi connectivity index (χ4v) is 4.89. The van der Waals surface area contributed by atoms with Crippen molar-refractivity contribution in [3.8, 4) is 11.5 Å². The Morgan fingerprint density at radius 2 is 1.77 bits per heavy atom. The van der Waals surface area contributed by atoms with Crippen LogP contribution in [0.3, 0.4) is 0 Å². The van der Waals surface area contributed by atoms with Crippen molar-refractivity contribution in [3.63, 3.8) is 0 Å². The molecule has 2 heterocycles. The number of aryl methyl sites for hydroxylation is 2. The maximum absolute atomic E-state index is 12.6. The van der Waals surface area contributed by atoms with Crippen molar-refractivity contribution in [2.45, 2.75) is 30.9 Å². The number of aromatic amines is 1. The molecule has 5 aromatic rings. The smallest absolute Gasteiger partial charge is 0.251 e. The molecule has 35 heavy (non-hydrogen) atoms. The lowest BCUT2D eigenvalue weighted by molar-refractivity contribution is 0.0954. The fourth-order valence-electron chi connectivity index (χ4n) is 3.99. The molecule has 0 saturated carbocycles. The van der Waals surface area contributed by atoms with E-state index in [1.165, 1.54) is 21.4 Å². The number of hydrogen-bond acceptors (Lipinski definition) is 4. The molecule has 3 aromatic carbocycles. The van der Waals surface area contributed by atoms with Gasteiger partial charge in [0, 0.05) is 45.4 Å². The van der Waals surface area contributed by atoms with Gasteiger partial charge in [-0.1, -0.05) is 35.9 Å². The van der Waals surface area contributed by atoms with Crippen LogP contribution in [0.5, 0.6) is 0 Å². The van der Waals surface area contributed by atoms with Crippen LogP contribution in [0, 0.1) is 13.8 Å². The van der Waals surface area contributed by atoms with E-state index in [2.05, 4.69) is 53.6 Å². The molecular formula is C29H27N3O2S. The molecule has 0 atom stereocenters. The Morgan fingerprint density at radius 3 is 2.57 bits per heavy atom. The molecule has 2 N–H and O–H groups in total. The average molecular weight is 482 g/mol.